The van der Waals surface area contributed by atoms with E-state index in [9.17, 15) is 0 Å². The quantitative estimate of drug-likeness (QED) is 0.753. The van der Waals surface area contributed by atoms with E-state index in [1.165, 1.54) is 17.1 Å². The van der Waals surface area contributed by atoms with Crippen molar-refractivity contribution in [2.45, 2.75) is 46.2 Å². The number of rotatable bonds is 9. The number of nitrogens with one attached hydrogen (secondary N) is 1. The van der Waals surface area contributed by atoms with Crippen LogP contribution in [0, 0.1) is 0 Å². The molecule has 0 saturated carbocycles. The smallest absolute Gasteiger partial charge is 0.205 e. The highest BCUT2D eigenvalue weighted by atomic mass is 32.1. The lowest BCUT2D eigenvalue weighted by molar-refractivity contribution is 0.414. The van der Waals surface area contributed by atoms with Gasteiger partial charge < -0.3 is 15.0 Å². The normalized spacial score (nSPS) is 11.3. The molecule has 0 spiro atoms. The van der Waals surface area contributed by atoms with Crippen LogP contribution in [0.25, 0.3) is 0 Å². The van der Waals surface area contributed by atoms with Crippen LogP contribution < -0.4 is 15.0 Å². The maximum Gasteiger partial charge on any atom is 0.205 e. The van der Waals surface area contributed by atoms with Gasteiger partial charge in [0.1, 0.15) is 11.6 Å². The number of anilines is 1. The van der Waals surface area contributed by atoms with E-state index in [1.807, 2.05) is 12.1 Å². The molecule has 1 N–H and O–H groups in total. The lowest BCUT2D eigenvalue weighted by atomic mass is 10.1. The number of methoxy groups -OCH3 is 1. The minimum absolute atomic E-state index is 0.403. The van der Waals surface area contributed by atoms with Crippen LogP contribution in [0.4, 0.5) is 5.13 Å². The van der Waals surface area contributed by atoms with Crippen LogP contribution in [-0.2, 0) is 6.42 Å². The van der Waals surface area contributed by atoms with Crippen molar-refractivity contribution in [1.29, 1.82) is 0 Å². The molecule has 0 amide bonds. The number of aromatic nitrogens is 2. The molecule has 0 unspecified atom stereocenters. The van der Waals surface area contributed by atoms with Gasteiger partial charge in [-0.05, 0) is 31.5 Å². The molecule has 6 heteroatoms. The number of hydrogen-bond acceptors (Lipinski definition) is 6. The number of benzene rings is 1. The predicted octanol–water partition coefficient (Wildman–Crippen LogP) is 3.35. The molecule has 24 heavy (non-hydrogen) atoms. The highest BCUT2D eigenvalue weighted by Crippen LogP contribution is 2.21. The number of hydrogen-bond donors (Lipinski definition) is 1. The monoisotopic (exact) mass is 348 g/mol. The Kier molecular flexibility index (Phi) is 6.99. The van der Waals surface area contributed by atoms with Crippen molar-refractivity contribution >= 4 is 16.7 Å². The second-order valence-corrected chi connectivity index (χ2v) is 7.14. The number of ether oxygens (including phenoxy) is 1. The second kappa shape index (κ2) is 8.99. The maximum atomic E-state index is 5.19. The zero-order valence-corrected chi connectivity index (χ0v) is 16.1. The summed E-state index contributed by atoms with van der Waals surface area (Å²) in [6, 6.07) is 8.97. The van der Waals surface area contributed by atoms with Gasteiger partial charge in [-0.2, -0.15) is 4.37 Å². The Hall–Kier alpha value is -1.66. The van der Waals surface area contributed by atoms with Crippen molar-refractivity contribution in [3.05, 3.63) is 35.7 Å². The Labute approximate surface area is 149 Å². The first-order valence-electron chi connectivity index (χ1n) is 8.45. The average Bonchev–Trinajstić information content (AvgIpc) is 2.99. The van der Waals surface area contributed by atoms with E-state index in [4.69, 9.17) is 9.72 Å². The Morgan fingerprint density at radius 3 is 2.46 bits per heavy atom. The molecule has 0 aliphatic rings. The predicted molar refractivity (Wildman–Crippen MR) is 101 cm³/mol. The first-order valence-corrected chi connectivity index (χ1v) is 9.22. The van der Waals surface area contributed by atoms with Gasteiger partial charge in [-0.1, -0.05) is 26.0 Å². The molecular weight excluding hydrogens is 320 g/mol. The fraction of sp³-hybridized carbons (Fsp3) is 0.556. The molecule has 132 valence electrons. The zero-order valence-electron chi connectivity index (χ0n) is 15.2. The Morgan fingerprint density at radius 1 is 1.17 bits per heavy atom. The molecule has 0 atom stereocenters. The van der Waals surface area contributed by atoms with E-state index in [2.05, 4.69) is 54.4 Å². The van der Waals surface area contributed by atoms with Crippen LogP contribution in [0.2, 0.25) is 0 Å². The summed E-state index contributed by atoms with van der Waals surface area (Å²) in [5.74, 6) is 1.75. The summed E-state index contributed by atoms with van der Waals surface area (Å²) in [5, 5.41) is 4.46. The van der Waals surface area contributed by atoms with Gasteiger partial charge in [-0.25, -0.2) is 4.98 Å². The topological polar surface area (TPSA) is 50.3 Å². The van der Waals surface area contributed by atoms with Crippen LogP contribution >= 0.6 is 11.5 Å². The van der Waals surface area contributed by atoms with Crippen LogP contribution in [0.1, 0.15) is 39.1 Å². The lowest BCUT2D eigenvalue weighted by Crippen LogP contribution is -2.38. The molecule has 1 aromatic carbocycles. The summed E-state index contributed by atoms with van der Waals surface area (Å²) >= 11 is 1.48. The van der Waals surface area contributed by atoms with Crippen molar-refractivity contribution < 1.29 is 4.74 Å². The molecule has 5 nitrogen and oxygen atoms in total. The molecule has 0 bridgehead atoms. The zero-order chi connectivity index (χ0) is 17.5. The van der Waals surface area contributed by atoms with Crippen LogP contribution in [0.15, 0.2) is 24.3 Å². The average molecular weight is 349 g/mol. The second-order valence-electron chi connectivity index (χ2n) is 6.41. The molecular formula is C18H28N4OS. The molecule has 2 aromatic rings. The number of nitrogens with zero attached hydrogens (tertiary/aromatic N) is 3. The molecule has 0 fully saturated rings. The lowest BCUT2D eigenvalue weighted by Gasteiger charge is -2.26. The molecule has 0 radical (unpaired) electrons. The van der Waals surface area contributed by atoms with Crippen molar-refractivity contribution in [3.63, 3.8) is 0 Å². The van der Waals surface area contributed by atoms with Gasteiger partial charge in [0.2, 0.25) is 5.13 Å². The molecule has 1 aromatic heterocycles. The summed E-state index contributed by atoms with van der Waals surface area (Å²) in [6.45, 7) is 10.6. The van der Waals surface area contributed by atoms with Gasteiger partial charge in [0.25, 0.3) is 0 Å². The standard InChI is InChI=1S/C18H28N4OS/c1-13(2)19-10-11-22(14(3)4)18-20-17(21-24-18)12-15-6-8-16(23-5)9-7-15/h6-9,13-14,19H,10-12H2,1-5H3. The van der Waals surface area contributed by atoms with Crippen molar-refractivity contribution in [2.75, 3.05) is 25.1 Å². The van der Waals surface area contributed by atoms with E-state index in [0.717, 1.165) is 36.2 Å². The minimum Gasteiger partial charge on any atom is -0.497 e. The first-order chi connectivity index (χ1) is 11.5. The third-order valence-electron chi connectivity index (χ3n) is 3.75. The van der Waals surface area contributed by atoms with Crippen LogP contribution in [0.3, 0.4) is 0 Å². The van der Waals surface area contributed by atoms with E-state index in [-0.39, 0.29) is 0 Å². The first kappa shape index (κ1) is 18.7. The van der Waals surface area contributed by atoms with E-state index < -0.39 is 0 Å². The highest BCUT2D eigenvalue weighted by Gasteiger charge is 2.15. The van der Waals surface area contributed by atoms with Crippen molar-refractivity contribution in [3.8, 4) is 5.75 Å². The van der Waals surface area contributed by atoms with Gasteiger partial charge in [0, 0.05) is 43.1 Å². The third kappa shape index (κ3) is 5.46. The molecule has 0 saturated heterocycles. The fourth-order valence-corrected chi connectivity index (χ4v) is 3.25. The highest BCUT2D eigenvalue weighted by molar-refractivity contribution is 7.09. The van der Waals surface area contributed by atoms with Crippen molar-refractivity contribution in [1.82, 2.24) is 14.7 Å². The van der Waals surface area contributed by atoms with Gasteiger partial charge in [-0.3, -0.25) is 0 Å². The van der Waals surface area contributed by atoms with E-state index in [1.54, 1.807) is 7.11 Å². The SMILES string of the molecule is COc1ccc(Cc2nsc(N(CCNC(C)C)C(C)C)n2)cc1. The molecule has 0 aliphatic carbocycles. The van der Waals surface area contributed by atoms with Crippen LogP contribution in [-0.4, -0.2) is 41.6 Å². The van der Waals surface area contributed by atoms with Gasteiger partial charge >= 0.3 is 0 Å². The van der Waals surface area contributed by atoms with Crippen molar-refractivity contribution in [2.24, 2.45) is 0 Å². The third-order valence-corrected chi connectivity index (χ3v) is 4.54. The Morgan fingerprint density at radius 2 is 1.88 bits per heavy atom. The Bertz CT molecular complexity index is 610. The largest absolute Gasteiger partial charge is 0.497 e. The Balaban J connectivity index is 2.00. The van der Waals surface area contributed by atoms with Gasteiger partial charge in [-0.15, -0.1) is 0 Å². The fourth-order valence-electron chi connectivity index (χ4n) is 2.41. The molecule has 2 rings (SSSR count). The van der Waals surface area contributed by atoms with E-state index >= 15 is 0 Å². The van der Waals surface area contributed by atoms with Gasteiger partial charge in [0.05, 0.1) is 7.11 Å². The van der Waals surface area contributed by atoms with Crippen LogP contribution in [0.5, 0.6) is 5.75 Å². The summed E-state index contributed by atoms with van der Waals surface area (Å²) < 4.78 is 9.73. The van der Waals surface area contributed by atoms with Gasteiger partial charge in [0.15, 0.2) is 0 Å². The molecule has 0 aliphatic heterocycles. The summed E-state index contributed by atoms with van der Waals surface area (Å²) in [5.41, 5.74) is 1.19. The summed E-state index contributed by atoms with van der Waals surface area (Å²) in [4.78, 5) is 7.05. The summed E-state index contributed by atoms with van der Waals surface area (Å²) in [6.07, 6.45) is 0.747. The van der Waals surface area contributed by atoms with E-state index in [0.29, 0.717) is 12.1 Å². The minimum atomic E-state index is 0.403. The maximum absolute atomic E-state index is 5.19. The molecule has 1 heterocycles. The summed E-state index contributed by atoms with van der Waals surface area (Å²) in [7, 11) is 1.68.